The number of fused-ring (bicyclic) bond motifs is 1. The third-order valence-electron chi connectivity index (χ3n) is 3.98. The SMILES string of the molecule is CCC(=O)c1ccc2c(c1)C(=O)C(C(=O)c1ccc(OC)cc1)O2. The number of benzene rings is 2. The maximum atomic E-state index is 12.5. The van der Waals surface area contributed by atoms with Crippen LogP contribution in [0.3, 0.4) is 0 Å². The summed E-state index contributed by atoms with van der Waals surface area (Å²) >= 11 is 0. The van der Waals surface area contributed by atoms with Gasteiger partial charge in [-0.05, 0) is 42.5 Å². The molecule has 122 valence electrons. The summed E-state index contributed by atoms with van der Waals surface area (Å²) < 4.78 is 10.6. The Kier molecular flexibility index (Phi) is 4.16. The summed E-state index contributed by atoms with van der Waals surface area (Å²) in [5.41, 5.74) is 1.10. The van der Waals surface area contributed by atoms with Gasteiger partial charge < -0.3 is 9.47 Å². The van der Waals surface area contributed by atoms with E-state index in [1.54, 1.807) is 43.3 Å². The summed E-state index contributed by atoms with van der Waals surface area (Å²) in [6.07, 6.45) is -0.859. The van der Waals surface area contributed by atoms with E-state index in [4.69, 9.17) is 9.47 Å². The minimum atomic E-state index is -1.21. The zero-order valence-corrected chi connectivity index (χ0v) is 13.4. The maximum absolute atomic E-state index is 12.5. The molecule has 1 unspecified atom stereocenters. The fourth-order valence-corrected chi connectivity index (χ4v) is 2.60. The topological polar surface area (TPSA) is 69.7 Å². The molecule has 0 amide bonds. The van der Waals surface area contributed by atoms with Gasteiger partial charge in [0.2, 0.25) is 17.7 Å². The Morgan fingerprint density at radius 2 is 1.75 bits per heavy atom. The molecule has 1 atom stereocenters. The van der Waals surface area contributed by atoms with E-state index in [0.29, 0.717) is 29.0 Å². The number of carbonyl (C=O) groups excluding carboxylic acids is 3. The van der Waals surface area contributed by atoms with Crippen molar-refractivity contribution in [2.45, 2.75) is 19.4 Å². The zero-order chi connectivity index (χ0) is 17.3. The molecule has 0 bridgehead atoms. The Morgan fingerprint density at radius 1 is 1.08 bits per heavy atom. The van der Waals surface area contributed by atoms with Crippen LogP contribution >= 0.6 is 0 Å². The average molecular weight is 324 g/mol. The number of ketones is 3. The first-order valence-electron chi connectivity index (χ1n) is 7.61. The number of rotatable bonds is 5. The molecule has 0 aromatic heterocycles. The first-order chi connectivity index (χ1) is 11.5. The van der Waals surface area contributed by atoms with Gasteiger partial charge >= 0.3 is 0 Å². The van der Waals surface area contributed by atoms with Gasteiger partial charge in [-0.15, -0.1) is 0 Å². The van der Waals surface area contributed by atoms with Crippen LogP contribution in [0.2, 0.25) is 0 Å². The van der Waals surface area contributed by atoms with E-state index in [1.165, 1.54) is 13.2 Å². The van der Waals surface area contributed by atoms with Crippen LogP contribution in [0.15, 0.2) is 42.5 Å². The monoisotopic (exact) mass is 324 g/mol. The molecule has 0 N–H and O–H groups in total. The molecule has 1 aliphatic heterocycles. The van der Waals surface area contributed by atoms with Crippen LogP contribution in [0.4, 0.5) is 0 Å². The molecule has 0 radical (unpaired) electrons. The molecule has 3 rings (SSSR count). The van der Waals surface area contributed by atoms with Crippen LogP contribution in [0.1, 0.15) is 44.4 Å². The summed E-state index contributed by atoms with van der Waals surface area (Å²) in [6, 6.07) is 11.2. The molecule has 0 saturated carbocycles. The van der Waals surface area contributed by atoms with Crippen LogP contribution < -0.4 is 9.47 Å². The van der Waals surface area contributed by atoms with Gasteiger partial charge in [-0.1, -0.05) is 6.92 Å². The summed E-state index contributed by atoms with van der Waals surface area (Å²) in [7, 11) is 1.53. The van der Waals surface area contributed by atoms with E-state index in [9.17, 15) is 14.4 Å². The predicted octanol–water partition coefficient (Wildman–Crippen LogP) is 3.11. The average Bonchev–Trinajstić information content (AvgIpc) is 2.96. The Balaban J connectivity index is 1.87. The molecule has 0 saturated heterocycles. The van der Waals surface area contributed by atoms with Crippen molar-refractivity contribution in [2.24, 2.45) is 0 Å². The number of methoxy groups -OCH3 is 1. The van der Waals surface area contributed by atoms with Crippen molar-refractivity contribution in [1.82, 2.24) is 0 Å². The zero-order valence-electron chi connectivity index (χ0n) is 13.4. The summed E-state index contributed by atoms with van der Waals surface area (Å²) in [4.78, 5) is 36.8. The van der Waals surface area contributed by atoms with Crippen molar-refractivity contribution >= 4 is 17.3 Å². The minimum Gasteiger partial charge on any atom is -0.497 e. The van der Waals surface area contributed by atoms with Crippen LogP contribution in [-0.4, -0.2) is 30.6 Å². The number of carbonyl (C=O) groups is 3. The van der Waals surface area contributed by atoms with E-state index in [0.717, 1.165) is 0 Å². The minimum absolute atomic E-state index is 0.0597. The normalized spacial score (nSPS) is 15.6. The van der Waals surface area contributed by atoms with Crippen LogP contribution in [0, 0.1) is 0 Å². The highest BCUT2D eigenvalue weighted by Crippen LogP contribution is 2.31. The Morgan fingerprint density at radius 3 is 2.38 bits per heavy atom. The number of hydrogen-bond acceptors (Lipinski definition) is 5. The lowest BCUT2D eigenvalue weighted by Gasteiger charge is -2.08. The highest BCUT2D eigenvalue weighted by atomic mass is 16.5. The molecule has 0 spiro atoms. The smallest absolute Gasteiger partial charge is 0.224 e. The van der Waals surface area contributed by atoms with Crippen molar-refractivity contribution in [1.29, 1.82) is 0 Å². The van der Waals surface area contributed by atoms with Crippen molar-refractivity contribution in [3.05, 3.63) is 59.2 Å². The molecule has 24 heavy (non-hydrogen) atoms. The van der Waals surface area contributed by atoms with E-state index >= 15 is 0 Å². The second kappa shape index (κ2) is 6.28. The number of ether oxygens (including phenoxy) is 2. The van der Waals surface area contributed by atoms with Gasteiger partial charge in [0.1, 0.15) is 11.5 Å². The van der Waals surface area contributed by atoms with Crippen molar-refractivity contribution in [3.63, 3.8) is 0 Å². The van der Waals surface area contributed by atoms with Gasteiger partial charge in [-0.25, -0.2) is 0 Å². The molecular weight excluding hydrogens is 308 g/mol. The highest BCUT2D eigenvalue weighted by molar-refractivity contribution is 6.21. The lowest BCUT2D eigenvalue weighted by Crippen LogP contribution is -2.30. The quantitative estimate of drug-likeness (QED) is 0.624. The Bertz CT molecular complexity index is 820. The molecule has 2 aromatic carbocycles. The molecule has 0 aliphatic carbocycles. The summed E-state index contributed by atoms with van der Waals surface area (Å²) in [5, 5.41) is 0. The Hall–Kier alpha value is -2.95. The van der Waals surface area contributed by atoms with Crippen LogP contribution in [-0.2, 0) is 0 Å². The third-order valence-corrected chi connectivity index (χ3v) is 3.98. The van der Waals surface area contributed by atoms with E-state index in [1.807, 2.05) is 0 Å². The lowest BCUT2D eigenvalue weighted by atomic mass is 9.98. The molecule has 5 heteroatoms. The fraction of sp³-hybridized carbons (Fsp3) is 0.211. The molecule has 5 nitrogen and oxygen atoms in total. The molecule has 2 aromatic rings. The summed E-state index contributed by atoms with van der Waals surface area (Å²) in [6.45, 7) is 1.75. The standard InChI is InChI=1S/C19H16O5/c1-3-15(20)12-6-9-16-14(10-12)18(22)19(24-16)17(21)11-4-7-13(23-2)8-5-11/h4-10,19H,3H2,1-2H3. The second-order valence-electron chi connectivity index (χ2n) is 5.44. The molecular formula is C19H16O5. The number of hydrogen-bond donors (Lipinski definition) is 0. The van der Waals surface area contributed by atoms with E-state index in [-0.39, 0.29) is 11.3 Å². The second-order valence-corrected chi connectivity index (χ2v) is 5.44. The Labute approximate surface area is 139 Å². The van der Waals surface area contributed by atoms with Gasteiger partial charge in [0.25, 0.3) is 0 Å². The van der Waals surface area contributed by atoms with Gasteiger partial charge in [-0.2, -0.15) is 0 Å². The van der Waals surface area contributed by atoms with Gasteiger partial charge in [0.15, 0.2) is 5.78 Å². The van der Waals surface area contributed by atoms with Crippen LogP contribution in [0.5, 0.6) is 11.5 Å². The lowest BCUT2D eigenvalue weighted by molar-refractivity contribution is 0.0720. The van der Waals surface area contributed by atoms with Gasteiger partial charge in [-0.3, -0.25) is 14.4 Å². The van der Waals surface area contributed by atoms with Crippen molar-refractivity contribution < 1.29 is 23.9 Å². The molecule has 1 heterocycles. The van der Waals surface area contributed by atoms with E-state index < -0.39 is 17.7 Å². The van der Waals surface area contributed by atoms with Crippen molar-refractivity contribution in [3.8, 4) is 11.5 Å². The van der Waals surface area contributed by atoms with Gasteiger partial charge in [0.05, 0.1) is 12.7 Å². The predicted molar refractivity (Wildman–Crippen MR) is 87.1 cm³/mol. The third kappa shape index (κ3) is 2.69. The van der Waals surface area contributed by atoms with E-state index in [2.05, 4.69) is 0 Å². The maximum Gasteiger partial charge on any atom is 0.224 e. The first kappa shape index (κ1) is 15.9. The highest BCUT2D eigenvalue weighted by Gasteiger charge is 2.38. The van der Waals surface area contributed by atoms with Crippen LogP contribution in [0.25, 0.3) is 0 Å². The molecule has 0 fully saturated rings. The summed E-state index contributed by atoms with van der Waals surface area (Å²) in [5.74, 6) is 0.0602. The van der Waals surface area contributed by atoms with Crippen molar-refractivity contribution in [2.75, 3.05) is 7.11 Å². The largest absolute Gasteiger partial charge is 0.497 e. The first-order valence-corrected chi connectivity index (χ1v) is 7.61. The fourth-order valence-electron chi connectivity index (χ4n) is 2.60. The molecule has 1 aliphatic rings. The van der Waals surface area contributed by atoms with Gasteiger partial charge in [0, 0.05) is 17.5 Å². The number of Topliss-reactive ketones (excluding diaryl/α,β-unsaturated/α-hetero) is 3.